The first-order valence-electron chi connectivity index (χ1n) is 7.59. The Morgan fingerprint density at radius 1 is 1.13 bits per heavy atom. The summed E-state index contributed by atoms with van der Waals surface area (Å²) < 4.78 is 49.9. The molecule has 2 aliphatic heterocycles. The average molecular weight is 380 g/mol. The number of sulfone groups is 1. The van der Waals surface area contributed by atoms with Crippen LogP contribution in [0.5, 0.6) is 0 Å². The molecule has 0 amide bonds. The average Bonchev–Trinajstić information content (AvgIpc) is 2.88. The third-order valence-electron chi connectivity index (χ3n) is 4.63. The van der Waals surface area contributed by atoms with Crippen molar-refractivity contribution in [2.45, 2.75) is 17.4 Å². The van der Waals surface area contributed by atoms with Crippen molar-refractivity contribution in [3.8, 4) is 0 Å². The van der Waals surface area contributed by atoms with Gasteiger partial charge in [0.05, 0.1) is 36.8 Å². The molecule has 1 N–H and O–H groups in total. The van der Waals surface area contributed by atoms with Crippen LogP contribution in [-0.2, 0) is 19.9 Å². The number of nitrogens with one attached hydrogen (secondary N) is 1. The Kier molecular flexibility index (Phi) is 4.72. The van der Waals surface area contributed by atoms with E-state index in [0.29, 0.717) is 37.6 Å². The zero-order valence-corrected chi connectivity index (χ0v) is 15.0. The van der Waals surface area contributed by atoms with Gasteiger partial charge in [0.15, 0.2) is 9.84 Å². The SMILES string of the molecule is O=S1(=O)CC[C@@H]([NH+]2CCN(S(=O)(=O)c3ccc(Cl)cc3)CC2)C1. The summed E-state index contributed by atoms with van der Waals surface area (Å²) in [7, 11) is -6.40. The standard InChI is InChI=1S/C14H19ClN2O4S2/c15-12-1-3-14(4-2-12)23(20,21)17-8-6-16(7-9-17)13-5-10-22(18,19)11-13/h1-4,13H,5-11H2/p+1/t13-/m1/s1. The number of quaternary nitrogens is 1. The molecule has 0 bridgehead atoms. The van der Waals surface area contributed by atoms with E-state index < -0.39 is 19.9 Å². The van der Waals surface area contributed by atoms with Crippen LogP contribution >= 0.6 is 11.6 Å². The van der Waals surface area contributed by atoms with E-state index in [1.54, 1.807) is 12.1 Å². The summed E-state index contributed by atoms with van der Waals surface area (Å²) >= 11 is 5.80. The normalized spacial score (nSPS) is 26.4. The van der Waals surface area contributed by atoms with Gasteiger partial charge in [-0.1, -0.05) is 11.6 Å². The monoisotopic (exact) mass is 379 g/mol. The minimum absolute atomic E-state index is 0.111. The summed E-state index contributed by atoms with van der Waals surface area (Å²) in [5, 5.41) is 0.501. The molecule has 2 fully saturated rings. The second-order valence-corrected chi connectivity index (χ2v) is 10.7. The maximum atomic E-state index is 12.6. The fraction of sp³-hybridized carbons (Fsp3) is 0.571. The van der Waals surface area contributed by atoms with E-state index in [9.17, 15) is 16.8 Å². The highest BCUT2D eigenvalue weighted by Crippen LogP contribution is 2.18. The summed E-state index contributed by atoms with van der Waals surface area (Å²) in [6.45, 7) is 2.12. The molecule has 1 aromatic rings. The van der Waals surface area contributed by atoms with Crippen molar-refractivity contribution >= 4 is 31.5 Å². The van der Waals surface area contributed by atoms with E-state index in [-0.39, 0.29) is 22.4 Å². The Balaban J connectivity index is 1.65. The number of halogens is 1. The first-order chi connectivity index (χ1) is 10.8. The number of nitrogens with zero attached hydrogens (tertiary/aromatic N) is 1. The Hall–Kier alpha value is -0.670. The largest absolute Gasteiger partial charge is 0.329 e. The minimum atomic E-state index is -3.51. The highest BCUT2D eigenvalue weighted by atomic mass is 35.5. The molecule has 128 valence electrons. The van der Waals surface area contributed by atoms with Crippen molar-refractivity contribution in [3.05, 3.63) is 29.3 Å². The summed E-state index contributed by atoms with van der Waals surface area (Å²) in [4.78, 5) is 1.45. The fourth-order valence-corrected chi connectivity index (χ4v) is 6.69. The number of rotatable bonds is 3. The van der Waals surface area contributed by atoms with Crippen LogP contribution in [0.4, 0.5) is 0 Å². The molecule has 6 nitrogen and oxygen atoms in total. The van der Waals surface area contributed by atoms with Gasteiger partial charge in [0, 0.05) is 11.4 Å². The molecule has 0 radical (unpaired) electrons. The van der Waals surface area contributed by atoms with E-state index in [1.165, 1.54) is 21.3 Å². The van der Waals surface area contributed by atoms with Gasteiger partial charge < -0.3 is 4.90 Å². The van der Waals surface area contributed by atoms with E-state index in [0.717, 1.165) is 0 Å². The Morgan fingerprint density at radius 3 is 2.26 bits per heavy atom. The van der Waals surface area contributed by atoms with Crippen molar-refractivity contribution in [3.63, 3.8) is 0 Å². The van der Waals surface area contributed by atoms with Crippen molar-refractivity contribution < 1.29 is 21.7 Å². The van der Waals surface area contributed by atoms with Crippen molar-refractivity contribution in [2.24, 2.45) is 0 Å². The molecule has 1 aromatic carbocycles. The van der Waals surface area contributed by atoms with Crippen LogP contribution < -0.4 is 4.90 Å². The molecule has 2 saturated heterocycles. The summed E-state index contributed by atoms with van der Waals surface area (Å²) in [5.74, 6) is 0.486. The van der Waals surface area contributed by atoms with Crippen LogP contribution in [0, 0.1) is 0 Å². The fourth-order valence-electron chi connectivity index (χ4n) is 3.29. The molecule has 23 heavy (non-hydrogen) atoms. The van der Waals surface area contributed by atoms with Gasteiger partial charge in [0.1, 0.15) is 11.8 Å². The quantitative estimate of drug-likeness (QED) is 0.762. The van der Waals surface area contributed by atoms with Crippen LogP contribution in [-0.4, -0.2) is 64.9 Å². The van der Waals surface area contributed by atoms with Crippen LogP contribution in [0.1, 0.15) is 6.42 Å². The minimum Gasteiger partial charge on any atom is -0.329 e. The van der Waals surface area contributed by atoms with Crippen LogP contribution in [0.3, 0.4) is 0 Å². The first-order valence-corrected chi connectivity index (χ1v) is 11.2. The molecular weight excluding hydrogens is 360 g/mol. The maximum absolute atomic E-state index is 12.6. The molecule has 1 atom stereocenters. The molecule has 2 aliphatic rings. The molecule has 0 saturated carbocycles. The van der Waals surface area contributed by atoms with E-state index in [4.69, 9.17) is 11.6 Å². The molecule has 0 unspecified atom stereocenters. The van der Waals surface area contributed by atoms with E-state index in [1.807, 2.05) is 0 Å². The molecule has 3 rings (SSSR count). The lowest BCUT2D eigenvalue weighted by molar-refractivity contribution is -0.925. The van der Waals surface area contributed by atoms with Crippen molar-refractivity contribution in [1.82, 2.24) is 4.31 Å². The predicted octanol–water partition coefficient (Wildman–Crippen LogP) is -0.584. The number of sulfonamides is 1. The summed E-state index contributed by atoms with van der Waals surface area (Å²) in [6.07, 6.45) is 0.682. The number of hydrogen-bond acceptors (Lipinski definition) is 4. The number of benzene rings is 1. The van der Waals surface area contributed by atoms with Gasteiger partial charge in [-0.15, -0.1) is 0 Å². The number of piperazine rings is 1. The highest BCUT2D eigenvalue weighted by Gasteiger charge is 2.38. The molecule has 9 heteroatoms. The molecular formula is C14H20ClN2O4S2+. The molecule has 2 heterocycles. The van der Waals surface area contributed by atoms with Crippen LogP contribution in [0.15, 0.2) is 29.2 Å². The lowest BCUT2D eigenvalue weighted by atomic mass is 10.2. The zero-order chi connectivity index (χ0) is 16.7. The zero-order valence-electron chi connectivity index (χ0n) is 12.6. The van der Waals surface area contributed by atoms with Crippen LogP contribution in [0.2, 0.25) is 5.02 Å². The Labute approximate surface area is 142 Å². The Morgan fingerprint density at radius 2 is 1.74 bits per heavy atom. The van der Waals surface area contributed by atoms with E-state index >= 15 is 0 Å². The van der Waals surface area contributed by atoms with Gasteiger partial charge in [0.25, 0.3) is 0 Å². The molecule has 0 spiro atoms. The second-order valence-electron chi connectivity index (χ2n) is 6.12. The smallest absolute Gasteiger partial charge is 0.243 e. The third kappa shape index (κ3) is 3.71. The van der Waals surface area contributed by atoms with Gasteiger partial charge in [0.2, 0.25) is 10.0 Å². The van der Waals surface area contributed by atoms with Gasteiger partial charge in [-0.25, -0.2) is 16.8 Å². The molecule has 0 aromatic heterocycles. The summed E-state index contributed by atoms with van der Waals surface area (Å²) in [6, 6.07) is 6.28. The lowest BCUT2D eigenvalue weighted by Gasteiger charge is -2.34. The van der Waals surface area contributed by atoms with Crippen LogP contribution in [0.25, 0.3) is 0 Å². The number of hydrogen-bond donors (Lipinski definition) is 1. The lowest BCUT2D eigenvalue weighted by Crippen LogP contribution is -3.18. The van der Waals surface area contributed by atoms with Gasteiger partial charge in [-0.05, 0) is 24.3 Å². The topological polar surface area (TPSA) is 76.0 Å². The second kappa shape index (κ2) is 6.33. The van der Waals surface area contributed by atoms with Crippen molar-refractivity contribution in [1.29, 1.82) is 0 Å². The molecule has 0 aliphatic carbocycles. The predicted molar refractivity (Wildman–Crippen MR) is 88.0 cm³/mol. The summed E-state index contributed by atoms with van der Waals surface area (Å²) in [5.41, 5.74) is 0. The third-order valence-corrected chi connectivity index (χ3v) is 8.56. The van der Waals surface area contributed by atoms with E-state index in [2.05, 4.69) is 0 Å². The first kappa shape index (κ1) is 17.2. The maximum Gasteiger partial charge on any atom is 0.243 e. The van der Waals surface area contributed by atoms with Gasteiger partial charge in [-0.2, -0.15) is 4.31 Å². The Bertz CT molecular complexity index is 770. The van der Waals surface area contributed by atoms with Crippen molar-refractivity contribution in [2.75, 3.05) is 37.7 Å². The van der Waals surface area contributed by atoms with Gasteiger partial charge >= 0.3 is 0 Å². The highest BCUT2D eigenvalue weighted by molar-refractivity contribution is 7.91. The van der Waals surface area contributed by atoms with Gasteiger partial charge in [-0.3, -0.25) is 0 Å².